The van der Waals surface area contributed by atoms with Gasteiger partial charge in [0, 0.05) is 11.5 Å². The molecular formula is C6H22N3O3PS. The molecule has 0 fully saturated rings. The van der Waals surface area contributed by atoms with Crippen LogP contribution in [0.1, 0.15) is 0 Å². The van der Waals surface area contributed by atoms with Crippen molar-refractivity contribution in [1.82, 2.24) is 18.5 Å². The Hall–Kier alpha value is 0.0200. The van der Waals surface area contributed by atoms with Crippen molar-refractivity contribution in [2.45, 2.75) is 0 Å². The predicted molar refractivity (Wildman–Crippen MR) is 66.1 cm³/mol. The quantitative estimate of drug-likeness (QED) is 0.321. The molecule has 0 aromatic rings. The van der Waals surface area contributed by atoms with Crippen LogP contribution in [0.25, 0.3) is 0 Å². The standard InChI is InChI=1S/C6H13O3PS.3H3N/c1-3-5-11(6-4-2)10(7,8)9;;;/h3-4,7-9H,1-2,5-6H2;3*1H3. The zero-order valence-corrected chi connectivity index (χ0v) is 10.0. The summed E-state index contributed by atoms with van der Waals surface area (Å²) in [6.45, 7) is 3.23. The maximum Gasteiger partial charge on any atom is 0.277 e. The van der Waals surface area contributed by atoms with E-state index in [4.69, 9.17) is 14.7 Å². The highest BCUT2D eigenvalue weighted by atomic mass is 32.5. The first-order valence-electron chi connectivity index (χ1n) is 2.99. The summed E-state index contributed by atoms with van der Waals surface area (Å²) >= 11 is 0. The van der Waals surface area contributed by atoms with Crippen LogP contribution >= 0.6 is 6.72 Å². The molecule has 0 aliphatic carbocycles. The Labute approximate surface area is 87.3 Å². The molecule has 0 radical (unpaired) electrons. The van der Waals surface area contributed by atoms with E-state index in [2.05, 4.69) is 13.2 Å². The Morgan fingerprint density at radius 1 is 0.929 bits per heavy atom. The Morgan fingerprint density at radius 2 is 1.21 bits per heavy atom. The van der Waals surface area contributed by atoms with Crippen LogP contribution in [0, 0.1) is 0 Å². The largest absolute Gasteiger partial charge is 0.344 e. The van der Waals surface area contributed by atoms with Crippen LogP contribution in [0.3, 0.4) is 0 Å². The second-order valence-corrected chi connectivity index (χ2v) is 7.52. The van der Waals surface area contributed by atoms with Gasteiger partial charge in [0.2, 0.25) is 0 Å². The fraction of sp³-hybridized carbons (Fsp3) is 0.333. The van der Waals surface area contributed by atoms with Gasteiger partial charge in [-0.15, -0.1) is 23.2 Å². The predicted octanol–water partition coefficient (Wildman–Crippen LogP) is 1.12. The molecular weight excluding hydrogens is 225 g/mol. The van der Waals surface area contributed by atoms with E-state index in [0.29, 0.717) is 11.5 Å². The second kappa shape index (κ2) is 11.1. The maximum absolute atomic E-state index is 8.88. The first-order valence-corrected chi connectivity index (χ1v) is 6.81. The lowest BCUT2D eigenvalue weighted by Gasteiger charge is -2.11. The molecule has 0 aromatic carbocycles. The van der Waals surface area contributed by atoms with Crippen LogP contribution in [-0.4, -0.2) is 26.2 Å². The zero-order valence-electron chi connectivity index (χ0n) is 8.30. The molecule has 0 heterocycles. The van der Waals surface area contributed by atoms with Gasteiger partial charge in [-0.2, -0.15) is 0 Å². The Morgan fingerprint density at radius 3 is 1.36 bits per heavy atom. The fourth-order valence-corrected chi connectivity index (χ4v) is 3.45. The lowest BCUT2D eigenvalue weighted by molar-refractivity contribution is 0.362. The van der Waals surface area contributed by atoms with Gasteiger partial charge >= 0.3 is 0 Å². The van der Waals surface area contributed by atoms with Crippen LogP contribution < -0.4 is 18.5 Å². The van der Waals surface area contributed by atoms with Crippen molar-refractivity contribution in [3.8, 4) is 0 Å². The molecule has 0 aliphatic rings. The minimum atomic E-state index is -3.67. The summed E-state index contributed by atoms with van der Waals surface area (Å²) in [4.78, 5) is 26.6. The molecule has 90 valence electrons. The van der Waals surface area contributed by atoms with E-state index in [1.165, 1.54) is 0 Å². The van der Waals surface area contributed by atoms with Gasteiger partial charge in [-0.05, 0) is 0 Å². The highest BCUT2D eigenvalue weighted by Gasteiger charge is 2.08. The van der Waals surface area contributed by atoms with Crippen LogP contribution in [-0.2, 0) is 10.1 Å². The lowest BCUT2D eigenvalue weighted by atomic mass is 10.8. The molecule has 0 spiro atoms. The highest BCUT2D eigenvalue weighted by Crippen LogP contribution is 2.36. The third kappa shape index (κ3) is 10.1. The fourth-order valence-electron chi connectivity index (χ4n) is 0.540. The summed E-state index contributed by atoms with van der Waals surface area (Å²) in [5.41, 5.74) is 0. The molecule has 0 saturated carbocycles. The van der Waals surface area contributed by atoms with E-state index in [1.54, 1.807) is 12.2 Å². The van der Waals surface area contributed by atoms with E-state index < -0.39 is 16.8 Å². The Kier molecular flexibility index (Phi) is 18.8. The molecule has 0 unspecified atom stereocenters. The number of hydrogen-bond donors (Lipinski definition) is 6. The Bertz CT molecular complexity index is 196. The maximum atomic E-state index is 8.88. The smallest absolute Gasteiger partial charge is 0.277 e. The first kappa shape index (κ1) is 23.7. The summed E-state index contributed by atoms with van der Waals surface area (Å²) in [7, 11) is -0.800. The molecule has 0 aliphatic heterocycles. The molecule has 0 rings (SSSR count). The lowest BCUT2D eigenvalue weighted by Crippen LogP contribution is -2.00. The SMILES string of the molecule is C=CCS(CC=C)=P(O)(O)O.N.N.N. The van der Waals surface area contributed by atoms with Crippen LogP contribution in [0.15, 0.2) is 25.3 Å². The van der Waals surface area contributed by atoms with Crippen molar-refractivity contribution in [1.29, 1.82) is 0 Å². The van der Waals surface area contributed by atoms with Gasteiger partial charge in [0.15, 0.2) is 0 Å². The molecule has 0 saturated heterocycles. The first-order chi connectivity index (χ1) is 5.02. The van der Waals surface area contributed by atoms with Crippen molar-refractivity contribution in [2.75, 3.05) is 11.5 Å². The minimum absolute atomic E-state index is 0. The van der Waals surface area contributed by atoms with E-state index in [0.717, 1.165) is 0 Å². The Balaban J connectivity index is -0.000000167. The number of hydrogen-bond acceptors (Lipinski definition) is 3. The topological polar surface area (TPSA) is 166 Å². The van der Waals surface area contributed by atoms with Crippen molar-refractivity contribution in [3.05, 3.63) is 25.3 Å². The van der Waals surface area contributed by atoms with Crippen LogP contribution in [0.4, 0.5) is 0 Å². The summed E-state index contributed by atoms with van der Waals surface area (Å²) < 4.78 is 0. The van der Waals surface area contributed by atoms with Crippen molar-refractivity contribution >= 4 is 16.8 Å². The summed E-state index contributed by atoms with van der Waals surface area (Å²) in [6, 6.07) is 0. The second-order valence-electron chi connectivity index (χ2n) is 1.89. The molecule has 0 bridgehead atoms. The molecule has 0 atom stereocenters. The molecule has 0 aromatic heterocycles. The molecule has 8 heteroatoms. The van der Waals surface area contributed by atoms with Crippen molar-refractivity contribution in [3.63, 3.8) is 0 Å². The van der Waals surface area contributed by atoms with Gasteiger partial charge in [-0.1, -0.05) is 12.2 Å². The molecule has 6 nitrogen and oxygen atoms in total. The number of rotatable bonds is 4. The minimum Gasteiger partial charge on any atom is -0.344 e. The molecule has 0 amide bonds. The van der Waals surface area contributed by atoms with E-state index >= 15 is 0 Å². The van der Waals surface area contributed by atoms with Gasteiger partial charge in [-0.25, -0.2) is 0 Å². The zero-order chi connectivity index (χ0) is 8.91. The average molecular weight is 247 g/mol. The summed E-state index contributed by atoms with van der Waals surface area (Å²) in [5, 5.41) is 0. The highest BCUT2D eigenvalue weighted by molar-refractivity contribution is 8.27. The normalized spacial score (nSPS) is 9.14. The van der Waals surface area contributed by atoms with Crippen molar-refractivity contribution in [2.24, 2.45) is 0 Å². The van der Waals surface area contributed by atoms with Gasteiger partial charge < -0.3 is 33.1 Å². The van der Waals surface area contributed by atoms with E-state index in [-0.39, 0.29) is 18.5 Å². The van der Waals surface area contributed by atoms with Crippen LogP contribution in [0.2, 0.25) is 0 Å². The summed E-state index contributed by atoms with van der Waals surface area (Å²) in [6.07, 6.45) is 3.12. The molecule has 12 N–H and O–H groups in total. The van der Waals surface area contributed by atoms with Crippen molar-refractivity contribution < 1.29 is 14.7 Å². The average Bonchev–Trinajstić information content (AvgIpc) is 1.85. The van der Waals surface area contributed by atoms with E-state index in [1.807, 2.05) is 0 Å². The summed E-state index contributed by atoms with van der Waals surface area (Å²) in [5.74, 6) is 0.840. The van der Waals surface area contributed by atoms with Gasteiger partial charge in [-0.3, -0.25) is 0 Å². The van der Waals surface area contributed by atoms with Gasteiger partial charge in [0.25, 0.3) is 6.72 Å². The molecule has 14 heavy (non-hydrogen) atoms. The van der Waals surface area contributed by atoms with E-state index in [9.17, 15) is 0 Å². The third-order valence-electron chi connectivity index (χ3n) is 0.967. The third-order valence-corrected chi connectivity index (χ3v) is 5.87. The monoisotopic (exact) mass is 247 g/mol. The van der Waals surface area contributed by atoms with Gasteiger partial charge in [0.1, 0.15) is 0 Å². The van der Waals surface area contributed by atoms with Gasteiger partial charge in [0.05, 0.1) is 0 Å². The van der Waals surface area contributed by atoms with Crippen LogP contribution in [0.5, 0.6) is 0 Å².